The molecular weight excluding hydrogens is 206 g/mol. The van der Waals surface area contributed by atoms with Gasteiger partial charge in [0, 0.05) is 12.6 Å². The van der Waals surface area contributed by atoms with E-state index in [0.29, 0.717) is 12.5 Å². The lowest BCUT2D eigenvalue weighted by Gasteiger charge is -2.32. The minimum absolute atomic E-state index is 0.330. The molecule has 0 unspecified atom stereocenters. The summed E-state index contributed by atoms with van der Waals surface area (Å²) in [7, 11) is 2.25. The molecule has 0 aromatic heterocycles. The summed E-state index contributed by atoms with van der Waals surface area (Å²) in [6, 6.07) is 0.815. The molecule has 2 nitrogen and oxygen atoms in total. The van der Waals surface area contributed by atoms with E-state index in [-0.39, 0.29) is 0 Å². The van der Waals surface area contributed by atoms with Gasteiger partial charge >= 0.3 is 0 Å². The first kappa shape index (κ1) is 13.3. The summed E-state index contributed by atoms with van der Waals surface area (Å²) in [5.74, 6) is 2.81. The van der Waals surface area contributed by atoms with E-state index < -0.39 is 0 Å². The number of likely N-dealkylation sites (tertiary alicyclic amines) is 1. The Morgan fingerprint density at radius 1 is 1.47 bits per heavy atom. The maximum absolute atomic E-state index is 8.90. The predicted molar refractivity (Wildman–Crippen MR) is 68.5 cm³/mol. The fourth-order valence-corrected chi connectivity index (χ4v) is 3.18. The van der Waals surface area contributed by atoms with Crippen LogP contribution in [0.5, 0.6) is 0 Å². The maximum Gasteiger partial charge on any atom is 0.0464 e. The van der Waals surface area contributed by atoms with Crippen LogP contribution in [0.2, 0.25) is 0 Å². The Morgan fingerprint density at radius 3 is 2.93 bits per heavy atom. The van der Waals surface area contributed by atoms with Crippen molar-refractivity contribution < 1.29 is 5.11 Å². The van der Waals surface area contributed by atoms with Gasteiger partial charge in [-0.05, 0) is 50.3 Å². The Kier molecular flexibility index (Phi) is 6.69. The summed E-state index contributed by atoms with van der Waals surface area (Å²) in [5.41, 5.74) is 0. The summed E-state index contributed by atoms with van der Waals surface area (Å²) in [4.78, 5) is 2.51. The van der Waals surface area contributed by atoms with E-state index in [2.05, 4.69) is 18.9 Å². The SMILES string of the molecule is C[C@@H](CO)CSCC[C@H]1CCCCN1C. The normalized spacial score (nSPS) is 25.4. The summed E-state index contributed by atoms with van der Waals surface area (Å²) in [6.45, 7) is 3.72. The molecule has 0 bridgehead atoms. The highest BCUT2D eigenvalue weighted by Gasteiger charge is 2.17. The van der Waals surface area contributed by atoms with Crippen LogP contribution in [0.3, 0.4) is 0 Å². The quantitative estimate of drug-likeness (QED) is 0.709. The molecule has 0 spiro atoms. The molecule has 15 heavy (non-hydrogen) atoms. The molecule has 1 aliphatic heterocycles. The first-order valence-electron chi connectivity index (χ1n) is 6.13. The second-order valence-electron chi connectivity index (χ2n) is 4.78. The van der Waals surface area contributed by atoms with Crippen LogP contribution in [0.1, 0.15) is 32.6 Å². The topological polar surface area (TPSA) is 23.5 Å². The highest BCUT2D eigenvalue weighted by molar-refractivity contribution is 7.99. The molecule has 90 valence electrons. The lowest BCUT2D eigenvalue weighted by molar-refractivity contribution is 0.182. The molecule has 1 heterocycles. The van der Waals surface area contributed by atoms with E-state index in [1.54, 1.807) is 0 Å². The average Bonchev–Trinajstić information content (AvgIpc) is 2.26. The first-order valence-corrected chi connectivity index (χ1v) is 7.28. The van der Waals surface area contributed by atoms with Crippen LogP contribution < -0.4 is 0 Å². The number of hydrogen-bond donors (Lipinski definition) is 1. The molecule has 3 heteroatoms. The van der Waals surface area contributed by atoms with Crippen LogP contribution in [0, 0.1) is 5.92 Å². The van der Waals surface area contributed by atoms with Crippen molar-refractivity contribution in [1.29, 1.82) is 0 Å². The second kappa shape index (κ2) is 7.53. The molecule has 1 aliphatic rings. The van der Waals surface area contributed by atoms with Gasteiger partial charge in [0.15, 0.2) is 0 Å². The summed E-state index contributed by atoms with van der Waals surface area (Å²) < 4.78 is 0. The molecular formula is C12H25NOS. The minimum Gasteiger partial charge on any atom is -0.396 e. The zero-order chi connectivity index (χ0) is 11.1. The van der Waals surface area contributed by atoms with Crippen LogP contribution in [-0.4, -0.2) is 47.8 Å². The first-order chi connectivity index (χ1) is 7.24. The van der Waals surface area contributed by atoms with Crippen molar-refractivity contribution in [2.75, 3.05) is 31.7 Å². The van der Waals surface area contributed by atoms with Crippen LogP contribution in [0.25, 0.3) is 0 Å². The van der Waals surface area contributed by atoms with E-state index in [9.17, 15) is 0 Å². The van der Waals surface area contributed by atoms with Crippen LogP contribution >= 0.6 is 11.8 Å². The smallest absolute Gasteiger partial charge is 0.0464 e. The van der Waals surface area contributed by atoms with Gasteiger partial charge in [0.05, 0.1) is 0 Å². The second-order valence-corrected chi connectivity index (χ2v) is 5.93. The van der Waals surface area contributed by atoms with Gasteiger partial charge < -0.3 is 10.0 Å². The number of nitrogens with zero attached hydrogens (tertiary/aromatic N) is 1. The van der Waals surface area contributed by atoms with E-state index in [4.69, 9.17) is 5.11 Å². The number of thioether (sulfide) groups is 1. The number of piperidine rings is 1. The van der Waals surface area contributed by atoms with Gasteiger partial charge in [0.1, 0.15) is 0 Å². The molecule has 1 N–H and O–H groups in total. The fourth-order valence-electron chi connectivity index (χ4n) is 2.07. The van der Waals surface area contributed by atoms with Gasteiger partial charge in [0.2, 0.25) is 0 Å². The minimum atomic E-state index is 0.330. The van der Waals surface area contributed by atoms with Crippen LogP contribution in [0.4, 0.5) is 0 Å². The standard InChI is InChI=1S/C12H25NOS/c1-11(9-14)10-15-8-6-12-5-3-4-7-13(12)2/h11-12,14H,3-10H2,1-2H3/t11-,12+/m0/s1. The number of aliphatic hydroxyl groups excluding tert-OH is 1. The average molecular weight is 231 g/mol. The van der Waals surface area contributed by atoms with Crippen molar-refractivity contribution in [3.05, 3.63) is 0 Å². The molecule has 0 amide bonds. The van der Waals surface area contributed by atoms with Gasteiger partial charge in [-0.15, -0.1) is 0 Å². The lowest BCUT2D eigenvalue weighted by Crippen LogP contribution is -2.36. The van der Waals surface area contributed by atoms with Crippen molar-refractivity contribution in [2.45, 2.75) is 38.6 Å². The summed E-state index contributed by atoms with van der Waals surface area (Å²) in [5, 5.41) is 8.90. The monoisotopic (exact) mass is 231 g/mol. The largest absolute Gasteiger partial charge is 0.396 e. The third kappa shape index (κ3) is 5.23. The predicted octanol–water partition coefficient (Wildman–Crippen LogP) is 2.22. The van der Waals surface area contributed by atoms with Crippen molar-refractivity contribution >= 4 is 11.8 Å². The molecule has 0 aromatic rings. The summed E-state index contributed by atoms with van der Waals surface area (Å²) >= 11 is 1.99. The molecule has 0 radical (unpaired) electrons. The third-order valence-corrected chi connectivity index (χ3v) is 4.56. The molecule has 1 saturated heterocycles. The number of rotatable bonds is 6. The van der Waals surface area contributed by atoms with Crippen LogP contribution in [-0.2, 0) is 0 Å². The number of aliphatic hydroxyl groups is 1. The van der Waals surface area contributed by atoms with E-state index in [1.165, 1.54) is 38.0 Å². The molecule has 1 fully saturated rings. The molecule has 1 rings (SSSR count). The van der Waals surface area contributed by atoms with Gasteiger partial charge in [-0.2, -0.15) is 11.8 Å². The fraction of sp³-hybridized carbons (Fsp3) is 1.00. The zero-order valence-corrected chi connectivity index (χ0v) is 10.9. The Balaban J connectivity index is 2.03. The van der Waals surface area contributed by atoms with E-state index in [0.717, 1.165) is 11.8 Å². The Morgan fingerprint density at radius 2 is 2.27 bits per heavy atom. The van der Waals surface area contributed by atoms with Gasteiger partial charge in [0.25, 0.3) is 0 Å². The Labute approximate surface area is 98.4 Å². The van der Waals surface area contributed by atoms with Crippen molar-refractivity contribution in [1.82, 2.24) is 4.90 Å². The highest BCUT2D eigenvalue weighted by Crippen LogP contribution is 2.20. The van der Waals surface area contributed by atoms with E-state index in [1.807, 2.05) is 11.8 Å². The molecule has 0 saturated carbocycles. The van der Waals surface area contributed by atoms with Crippen molar-refractivity contribution in [3.63, 3.8) is 0 Å². The lowest BCUT2D eigenvalue weighted by atomic mass is 10.0. The van der Waals surface area contributed by atoms with Gasteiger partial charge in [-0.25, -0.2) is 0 Å². The zero-order valence-electron chi connectivity index (χ0n) is 10.1. The number of hydrogen-bond acceptors (Lipinski definition) is 3. The molecule has 0 aromatic carbocycles. The molecule has 2 atom stereocenters. The van der Waals surface area contributed by atoms with E-state index >= 15 is 0 Å². The van der Waals surface area contributed by atoms with Crippen LogP contribution in [0.15, 0.2) is 0 Å². The molecule has 0 aliphatic carbocycles. The maximum atomic E-state index is 8.90. The summed E-state index contributed by atoms with van der Waals surface area (Å²) in [6.07, 6.45) is 5.49. The van der Waals surface area contributed by atoms with Crippen molar-refractivity contribution in [2.24, 2.45) is 5.92 Å². The third-order valence-electron chi connectivity index (χ3n) is 3.23. The Bertz CT molecular complexity index is 166. The van der Waals surface area contributed by atoms with Crippen molar-refractivity contribution in [3.8, 4) is 0 Å². The van der Waals surface area contributed by atoms with Gasteiger partial charge in [-0.3, -0.25) is 0 Å². The highest BCUT2D eigenvalue weighted by atomic mass is 32.2. The Hall–Kier alpha value is 0.270. The van der Waals surface area contributed by atoms with Gasteiger partial charge in [-0.1, -0.05) is 13.3 Å².